The minimum absolute atomic E-state index is 0.0227. The van der Waals surface area contributed by atoms with Crippen LogP contribution in [0.4, 0.5) is 10.1 Å². The molecule has 1 aromatic carbocycles. The van der Waals surface area contributed by atoms with E-state index < -0.39 is 11.9 Å². The molecule has 6 heteroatoms. The highest BCUT2D eigenvalue weighted by molar-refractivity contribution is 6.31. The number of nitrogens with one attached hydrogen (secondary N) is 2. The average Bonchev–Trinajstić information content (AvgIpc) is 2.56. The monoisotopic (exact) mass is 368 g/mol. The lowest BCUT2D eigenvalue weighted by Crippen LogP contribution is -2.49. The molecule has 0 aliphatic heterocycles. The van der Waals surface area contributed by atoms with Crippen LogP contribution in [0.25, 0.3) is 0 Å². The van der Waals surface area contributed by atoms with Gasteiger partial charge in [-0.3, -0.25) is 9.59 Å². The lowest BCUT2D eigenvalue weighted by Gasteiger charge is -2.28. The maximum absolute atomic E-state index is 13.2. The molecule has 1 aromatic rings. The van der Waals surface area contributed by atoms with Crippen LogP contribution in [0.15, 0.2) is 18.2 Å². The van der Waals surface area contributed by atoms with Crippen LogP contribution in [0, 0.1) is 23.6 Å². The summed E-state index contributed by atoms with van der Waals surface area (Å²) in [5, 5.41) is 5.53. The number of anilines is 1. The summed E-state index contributed by atoms with van der Waals surface area (Å²) in [6.45, 7) is 5.96. The van der Waals surface area contributed by atoms with E-state index in [0.717, 1.165) is 25.7 Å². The summed E-state index contributed by atoms with van der Waals surface area (Å²) in [6.07, 6.45) is 3.83. The number of hydrogen-bond donors (Lipinski definition) is 2. The van der Waals surface area contributed by atoms with Crippen molar-refractivity contribution in [3.05, 3.63) is 29.0 Å². The van der Waals surface area contributed by atoms with Gasteiger partial charge in [-0.15, -0.1) is 0 Å². The SMILES string of the molecule is CC1CCC(C(=O)NC(C(=O)Nc2ccc(F)c(Cl)c2)C(C)C)CC1. The van der Waals surface area contributed by atoms with Crippen molar-refractivity contribution in [1.29, 1.82) is 0 Å². The Labute approximate surface area is 153 Å². The molecule has 1 fully saturated rings. The highest BCUT2D eigenvalue weighted by atomic mass is 35.5. The summed E-state index contributed by atoms with van der Waals surface area (Å²) in [5.41, 5.74) is 0.405. The lowest BCUT2D eigenvalue weighted by molar-refractivity contribution is -0.131. The standard InChI is InChI=1S/C19H26ClFN2O2/c1-11(2)17(23-18(24)13-6-4-12(3)5-7-13)19(25)22-14-8-9-16(21)15(20)10-14/h8-13,17H,4-7H2,1-3H3,(H,22,25)(H,23,24). The molecule has 0 aromatic heterocycles. The normalized spacial score (nSPS) is 21.7. The van der Waals surface area contributed by atoms with E-state index >= 15 is 0 Å². The van der Waals surface area contributed by atoms with Crippen LogP contribution in [0.2, 0.25) is 5.02 Å². The van der Waals surface area contributed by atoms with E-state index in [0.29, 0.717) is 11.6 Å². The summed E-state index contributed by atoms with van der Waals surface area (Å²) in [6, 6.07) is 3.36. The van der Waals surface area contributed by atoms with E-state index in [1.54, 1.807) is 0 Å². The van der Waals surface area contributed by atoms with Crippen LogP contribution >= 0.6 is 11.6 Å². The number of carbonyl (C=O) groups is 2. The van der Waals surface area contributed by atoms with Gasteiger partial charge in [0.1, 0.15) is 11.9 Å². The molecule has 1 atom stereocenters. The summed E-state index contributed by atoms with van der Waals surface area (Å²) < 4.78 is 13.2. The molecular formula is C19H26ClFN2O2. The van der Waals surface area contributed by atoms with Gasteiger partial charge in [0.25, 0.3) is 0 Å². The van der Waals surface area contributed by atoms with Crippen LogP contribution in [-0.4, -0.2) is 17.9 Å². The quantitative estimate of drug-likeness (QED) is 0.810. The zero-order valence-electron chi connectivity index (χ0n) is 14.9. The van der Waals surface area contributed by atoms with Gasteiger partial charge in [-0.05, 0) is 55.7 Å². The smallest absolute Gasteiger partial charge is 0.247 e. The Kier molecular flexibility index (Phi) is 6.82. The maximum Gasteiger partial charge on any atom is 0.247 e. The first kappa shape index (κ1) is 19.7. The highest BCUT2D eigenvalue weighted by Crippen LogP contribution is 2.28. The molecule has 25 heavy (non-hydrogen) atoms. The van der Waals surface area contributed by atoms with Crippen molar-refractivity contribution < 1.29 is 14.0 Å². The average molecular weight is 369 g/mol. The zero-order chi connectivity index (χ0) is 18.6. The second-order valence-corrected chi connectivity index (χ2v) is 7.71. The fourth-order valence-corrected chi connectivity index (χ4v) is 3.30. The van der Waals surface area contributed by atoms with Gasteiger partial charge in [0.15, 0.2) is 0 Å². The van der Waals surface area contributed by atoms with Crippen molar-refractivity contribution in [3.63, 3.8) is 0 Å². The topological polar surface area (TPSA) is 58.2 Å². The summed E-state index contributed by atoms with van der Waals surface area (Å²) in [7, 11) is 0. The van der Waals surface area contributed by atoms with E-state index in [4.69, 9.17) is 11.6 Å². The molecule has 2 amide bonds. The highest BCUT2D eigenvalue weighted by Gasteiger charge is 2.29. The van der Waals surface area contributed by atoms with Crippen molar-refractivity contribution in [2.45, 2.75) is 52.5 Å². The van der Waals surface area contributed by atoms with E-state index in [1.165, 1.54) is 18.2 Å². The molecular weight excluding hydrogens is 343 g/mol. The lowest BCUT2D eigenvalue weighted by atomic mass is 9.82. The Bertz CT molecular complexity index is 628. The molecule has 1 unspecified atom stereocenters. The van der Waals surface area contributed by atoms with E-state index in [2.05, 4.69) is 17.6 Å². The fraction of sp³-hybridized carbons (Fsp3) is 0.579. The van der Waals surface area contributed by atoms with Gasteiger partial charge in [0.05, 0.1) is 5.02 Å². The molecule has 1 saturated carbocycles. The predicted octanol–water partition coefficient (Wildman–Crippen LogP) is 4.38. The molecule has 138 valence electrons. The minimum atomic E-state index is -0.643. The molecule has 1 aliphatic carbocycles. The molecule has 0 spiro atoms. The van der Waals surface area contributed by atoms with Gasteiger partial charge in [0, 0.05) is 11.6 Å². The Morgan fingerprint density at radius 3 is 2.40 bits per heavy atom. The Morgan fingerprint density at radius 1 is 1.20 bits per heavy atom. The molecule has 0 bridgehead atoms. The summed E-state index contributed by atoms with van der Waals surface area (Å²) in [5.74, 6) is -0.350. The molecule has 0 saturated heterocycles. The van der Waals surface area contributed by atoms with Gasteiger partial charge in [-0.1, -0.05) is 32.4 Å². The third-order valence-electron chi connectivity index (χ3n) is 4.82. The van der Waals surface area contributed by atoms with Crippen LogP contribution in [0.5, 0.6) is 0 Å². The van der Waals surface area contributed by atoms with Crippen molar-refractivity contribution >= 4 is 29.1 Å². The number of benzene rings is 1. The Hall–Kier alpha value is -1.62. The predicted molar refractivity (Wildman–Crippen MR) is 97.9 cm³/mol. The first-order chi connectivity index (χ1) is 11.8. The Morgan fingerprint density at radius 2 is 1.84 bits per heavy atom. The number of hydrogen-bond acceptors (Lipinski definition) is 2. The minimum Gasteiger partial charge on any atom is -0.344 e. The van der Waals surface area contributed by atoms with Gasteiger partial charge >= 0.3 is 0 Å². The molecule has 1 aliphatic rings. The summed E-state index contributed by atoms with van der Waals surface area (Å²) in [4.78, 5) is 25.1. The van der Waals surface area contributed by atoms with Crippen molar-refractivity contribution in [2.75, 3.05) is 5.32 Å². The maximum atomic E-state index is 13.2. The number of rotatable bonds is 5. The van der Waals surface area contributed by atoms with Crippen LogP contribution in [0.3, 0.4) is 0 Å². The number of carbonyl (C=O) groups excluding carboxylic acids is 2. The number of amides is 2. The fourth-order valence-electron chi connectivity index (χ4n) is 3.12. The van der Waals surface area contributed by atoms with Gasteiger partial charge in [0.2, 0.25) is 11.8 Å². The largest absolute Gasteiger partial charge is 0.344 e. The van der Waals surface area contributed by atoms with Crippen LogP contribution in [0.1, 0.15) is 46.5 Å². The molecule has 2 N–H and O–H groups in total. The Balaban J connectivity index is 2.00. The van der Waals surface area contributed by atoms with E-state index in [1.807, 2.05) is 13.8 Å². The molecule has 4 nitrogen and oxygen atoms in total. The summed E-state index contributed by atoms with van der Waals surface area (Å²) >= 11 is 5.74. The first-order valence-corrected chi connectivity index (χ1v) is 9.22. The molecule has 0 radical (unpaired) electrons. The van der Waals surface area contributed by atoms with Crippen molar-refractivity contribution in [3.8, 4) is 0 Å². The molecule has 2 rings (SSSR count). The number of halogens is 2. The zero-order valence-corrected chi connectivity index (χ0v) is 15.7. The van der Waals surface area contributed by atoms with Gasteiger partial charge < -0.3 is 10.6 Å². The van der Waals surface area contributed by atoms with Crippen LogP contribution < -0.4 is 10.6 Å². The van der Waals surface area contributed by atoms with Gasteiger partial charge in [-0.25, -0.2) is 4.39 Å². The third kappa shape index (κ3) is 5.43. The third-order valence-corrected chi connectivity index (χ3v) is 5.11. The second kappa shape index (κ2) is 8.65. The van der Waals surface area contributed by atoms with E-state index in [9.17, 15) is 14.0 Å². The molecule has 0 heterocycles. The first-order valence-electron chi connectivity index (χ1n) is 8.84. The van der Waals surface area contributed by atoms with Crippen LogP contribution in [-0.2, 0) is 9.59 Å². The van der Waals surface area contributed by atoms with Crippen molar-refractivity contribution in [2.24, 2.45) is 17.8 Å². The van der Waals surface area contributed by atoms with Gasteiger partial charge in [-0.2, -0.15) is 0 Å². The van der Waals surface area contributed by atoms with Crippen molar-refractivity contribution in [1.82, 2.24) is 5.32 Å². The second-order valence-electron chi connectivity index (χ2n) is 7.31. The van der Waals surface area contributed by atoms with E-state index in [-0.39, 0.29) is 28.7 Å².